The van der Waals surface area contributed by atoms with Crippen LogP contribution < -0.4 is 5.32 Å². The van der Waals surface area contributed by atoms with Gasteiger partial charge in [0, 0.05) is 16.5 Å². The van der Waals surface area contributed by atoms with Crippen LogP contribution in [0.2, 0.25) is 0 Å². The van der Waals surface area contributed by atoms with Crippen molar-refractivity contribution in [2.75, 3.05) is 5.32 Å². The first-order valence-electron chi connectivity index (χ1n) is 5.63. The van der Waals surface area contributed by atoms with E-state index < -0.39 is 0 Å². The fourth-order valence-corrected chi connectivity index (χ4v) is 1.82. The Morgan fingerprint density at radius 2 is 1.55 bits per heavy atom. The lowest BCUT2D eigenvalue weighted by Crippen LogP contribution is -2.01. The SMILES string of the molecule is N#CC(C#N)=C(C#N)Nc1cccc2c(O)cccc12. The van der Waals surface area contributed by atoms with Crippen molar-refractivity contribution < 1.29 is 5.11 Å². The summed E-state index contributed by atoms with van der Waals surface area (Å²) >= 11 is 0. The van der Waals surface area contributed by atoms with Crippen molar-refractivity contribution in [1.82, 2.24) is 0 Å². The zero-order chi connectivity index (χ0) is 14.5. The number of benzene rings is 2. The summed E-state index contributed by atoms with van der Waals surface area (Å²) in [5.41, 5.74) is 0.133. The van der Waals surface area contributed by atoms with Crippen LogP contribution in [0, 0.1) is 34.0 Å². The van der Waals surface area contributed by atoms with Crippen molar-refractivity contribution in [3.8, 4) is 24.0 Å². The number of nitrogens with one attached hydrogen (secondary N) is 1. The van der Waals surface area contributed by atoms with Gasteiger partial charge in [0.15, 0.2) is 5.57 Å². The molecule has 0 spiro atoms. The largest absolute Gasteiger partial charge is 0.507 e. The van der Waals surface area contributed by atoms with Gasteiger partial charge in [0.05, 0.1) is 0 Å². The molecule has 2 N–H and O–H groups in total. The molecule has 0 amide bonds. The number of allylic oxidation sites excluding steroid dienone is 2. The Morgan fingerprint density at radius 1 is 0.900 bits per heavy atom. The fraction of sp³-hybridized carbons (Fsp3) is 0. The molecule has 5 nitrogen and oxygen atoms in total. The molecule has 20 heavy (non-hydrogen) atoms. The maximum Gasteiger partial charge on any atom is 0.163 e. The molecule has 0 saturated carbocycles. The summed E-state index contributed by atoms with van der Waals surface area (Å²) in [5, 5.41) is 40.5. The summed E-state index contributed by atoms with van der Waals surface area (Å²) in [6.45, 7) is 0. The molecule has 0 aromatic heterocycles. The normalized spacial score (nSPS) is 9.05. The highest BCUT2D eigenvalue weighted by atomic mass is 16.3. The van der Waals surface area contributed by atoms with Gasteiger partial charge in [-0.25, -0.2) is 0 Å². The number of fused-ring (bicyclic) bond motifs is 1. The topological polar surface area (TPSA) is 104 Å². The van der Waals surface area contributed by atoms with Crippen LogP contribution in [-0.4, -0.2) is 5.11 Å². The Hall–Kier alpha value is -3.49. The van der Waals surface area contributed by atoms with E-state index >= 15 is 0 Å². The molecule has 0 aliphatic rings. The average molecular weight is 260 g/mol. The number of anilines is 1. The molecule has 2 rings (SSSR count). The van der Waals surface area contributed by atoms with Gasteiger partial charge in [0.25, 0.3) is 0 Å². The minimum Gasteiger partial charge on any atom is -0.507 e. The Labute approximate surface area is 115 Å². The molecular weight excluding hydrogens is 252 g/mol. The lowest BCUT2D eigenvalue weighted by molar-refractivity contribution is 0.481. The van der Waals surface area contributed by atoms with Gasteiger partial charge in [-0.2, -0.15) is 15.8 Å². The molecule has 5 heteroatoms. The minimum absolute atomic E-state index is 0.120. The van der Waals surface area contributed by atoms with E-state index in [1.807, 2.05) is 0 Å². The molecule has 94 valence electrons. The van der Waals surface area contributed by atoms with Crippen molar-refractivity contribution in [3.05, 3.63) is 47.7 Å². The highest BCUT2D eigenvalue weighted by Crippen LogP contribution is 2.30. The van der Waals surface area contributed by atoms with Crippen molar-refractivity contribution in [2.24, 2.45) is 0 Å². The molecule has 0 fully saturated rings. The minimum atomic E-state index is -0.287. The summed E-state index contributed by atoms with van der Waals surface area (Å²) in [5.74, 6) is 0.120. The summed E-state index contributed by atoms with van der Waals surface area (Å²) < 4.78 is 0. The molecule has 0 aliphatic heterocycles. The number of aromatic hydroxyl groups is 1. The number of phenolic OH excluding ortho intramolecular Hbond substituents is 1. The van der Waals surface area contributed by atoms with Gasteiger partial charge in [-0.05, 0) is 12.1 Å². The molecule has 0 unspecified atom stereocenters. The molecule has 0 aliphatic carbocycles. The second-order valence-corrected chi connectivity index (χ2v) is 3.89. The zero-order valence-corrected chi connectivity index (χ0v) is 10.3. The number of phenols is 1. The molecule has 0 bridgehead atoms. The highest BCUT2D eigenvalue weighted by molar-refractivity contribution is 5.98. The Bertz CT molecular complexity index is 816. The first-order valence-corrected chi connectivity index (χ1v) is 5.63. The summed E-state index contributed by atoms with van der Waals surface area (Å²) in [4.78, 5) is 0. The third-order valence-corrected chi connectivity index (χ3v) is 2.74. The molecule has 2 aromatic carbocycles. The van der Waals surface area contributed by atoms with Gasteiger partial charge in [-0.1, -0.05) is 24.3 Å². The highest BCUT2D eigenvalue weighted by Gasteiger charge is 2.09. The second-order valence-electron chi connectivity index (χ2n) is 3.89. The predicted molar refractivity (Wildman–Crippen MR) is 73.1 cm³/mol. The first kappa shape index (κ1) is 13.0. The van der Waals surface area contributed by atoms with Crippen molar-refractivity contribution in [2.45, 2.75) is 0 Å². The summed E-state index contributed by atoms with van der Waals surface area (Å²) in [7, 11) is 0. The summed E-state index contributed by atoms with van der Waals surface area (Å²) in [6.07, 6.45) is 0. The zero-order valence-electron chi connectivity index (χ0n) is 10.3. The van der Waals surface area contributed by atoms with E-state index in [4.69, 9.17) is 15.8 Å². The van der Waals surface area contributed by atoms with Gasteiger partial charge in [0.1, 0.15) is 29.7 Å². The van der Waals surface area contributed by atoms with Crippen LogP contribution in [0.5, 0.6) is 5.75 Å². The molecular formula is C15H8N4O. The van der Waals surface area contributed by atoms with Crippen LogP contribution in [0.3, 0.4) is 0 Å². The van der Waals surface area contributed by atoms with E-state index in [0.29, 0.717) is 16.5 Å². The van der Waals surface area contributed by atoms with Crippen LogP contribution in [0.25, 0.3) is 10.8 Å². The van der Waals surface area contributed by atoms with Crippen molar-refractivity contribution >= 4 is 16.5 Å². The van der Waals surface area contributed by atoms with Gasteiger partial charge < -0.3 is 10.4 Å². The Morgan fingerprint density at radius 3 is 2.20 bits per heavy atom. The molecule has 0 saturated heterocycles. The van der Waals surface area contributed by atoms with Crippen molar-refractivity contribution in [3.63, 3.8) is 0 Å². The van der Waals surface area contributed by atoms with Crippen LogP contribution in [-0.2, 0) is 0 Å². The van der Waals surface area contributed by atoms with Crippen LogP contribution >= 0.6 is 0 Å². The lowest BCUT2D eigenvalue weighted by Gasteiger charge is -2.09. The van der Waals surface area contributed by atoms with E-state index in [1.54, 1.807) is 54.6 Å². The Kier molecular flexibility index (Phi) is 3.52. The molecule has 0 heterocycles. The maximum absolute atomic E-state index is 9.78. The number of hydrogen-bond acceptors (Lipinski definition) is 5. The predicted octanol–water partition coefficient (Wildman–Crippen LogP) is 2.78. The fourth-order valence-electron chi connectivity index (χ4n) is 1.82. The third kappa shape index (κ3) is 2.22. The molecule has 0 atom stereocenters. The second kappa shape index (κ2) is 5.44. The average Bonchev–Trinajstić information content (AvgIpc) is 2.48. The summed E-state index contributed by atoms with van der Waals surface area (Å²) in [6, 6.07) is 15.3. The van der Waals surface area contributed by atoms with Crippen LogP contribution in [0.4, 0.5) is 5.69 Å². The smallest absolute Gasteiger partial charge is 0.163 e. The Balaban J connectivity index is 2.60. The van der Waals surface area contributed by atoms with E-state index in [-0.39, 0.29) is 17.0 Å². The quantitative estimate of drug-likeness (QED) is 0.808. The monoisotopic (exact) mass is 260 g/mol. The lowest BCUT2D eigenvalue weighted by atomic mass is 10.1. The van der Waals surface area contributed by atoms with Gasteiger partial charge in [-0.3, -0.25) is 0 Å². The maximum atomic E-state index is 9.78. The van der Waals surface area contributed by atoms with Crippen LogP contribution in [0.1, 0.15) is 0 Å². The van der Waals surface area contributed by atoms with E-state index in [2.05, 4.69) is 5.32 Å². The number of rotatable bonds is 2. The standard InChI is InChI=1S/C15H8N4O/c16-7-10(8-17)14(9-18)19-13-5-1-4-12-11(13)3-2-6-15(12)20/h1-6,19-20H. The molecule has 2 aromatic rings. The van der Waals surface area contributed by atoms with E-state index in [9.17, 15) is 5.11 Å². The van der Waals surface area contributed by atoms with Gasteiger partial charge in [0.2, 0.25) is 0 Å². The van der Waals surface area contributed by atoms with Crippen LogP contribution in [0.15, 0.2) is 47.7 Å². The third-order valence-electron chi connectivity index (χ3n) is 2.74. The van der Waals surface area contributed by atoms with E-state index in [1.165, 1.54) is 0 Å². The number of hydrogen-bond donors (Lipinski definition) is 2. The van der Waals surface area contributed by atoms with Gasteiger partial charge >= 0.3 is 0 Å². The first-order chi connectivity index (χ1) is 9.71. The molecule has 0 radical (unpaired) electrons. The van der Waals surface area contributed by atoms with Crippen molar-refractivity contribution in [1.29, 1.82) is 15.8 Å². The van der Waals surface area contributed by atoms with E-state index in [0.717, 1.165) is 0 Å². The number of nitriles is 3. The number of nitrogens with zero attached hydrogens (tertiary/aromatic N) is 3. The van der Waals surface area contributed by atoms with Gasteiger partial charge in [-0.15, -0.1) is 0 Å².